The zero-order valence-corrected chi connectivity index (χ0v) is 9.08. The lowest BCUT2D eigenvalue weighted by Gasteiger charge is -2.04. The van der Waals surface area contributed by atoms with Crippen LogP contribution in [-0.4, -0.2) is 17.3 Å². The third kappa shape index (κ3) is 1.94. The molecule has 15 heavy (non-hydrogen) atoms. The van der Waals surface area contributed by atoms with Gasteiger partial charge in [-0.2, -0.15) is 4.98 Å². The van der Waals surface area contributed by atoms with Crippen LogP contribution in [0.25, 0.3) is 11.5 Å². The van der Waals surface area contributed by atoms with Crippen molar-refractivity contribution in [3.05, 3.63) is 29.0 Å². The molecule has 2 aromatic rings. The van der Waals surface area contributed by atoms with E-state index in [1.807, 2.05) is 25.1 Å². The third-order valence-corrected chi connectivity index (χ3v) is 2.14. The maximum Gasteiger partial charge on any atom is 0.264 e. The first-order chi connectivity index (χ1) is 7.20. The predicted molar refractivity (Wildman–Crippen MR) is 56.0 cm³/mol. The standard InChI is InChI=1S/C10H9ClN2O2/c1-6-3-4-8(14-2)7(5-6)9-12-10(11)13-15-9/h3-5H,1-2H3. The van der Waals surface area contributed by atoms with Gasteiger partial charge in [0.25, 0.3) is 11.2 Å². The SMILES string of the molecule is COc1ccc(C)cc1-c1nc(Cl)no1. The second-order valence-corrected chi connectivity index (χ2v) is 3.41. The van der Waals surface area contributed by atoms with Crippen LogP contribution in [0, 0.1) is 6.92 Å². The number of aromatic nitrogens is 2. The molecule has 0 aliphatic heterocycles. The zero-order valence-electron chi connectivity index (χ0n) is 8.32. The van der Waals surface area contributed by atoms with Gasteiger partial charge in [-0.3, -0.25) is 0 Å². The van der Waals surface area contributed by atoms with Crippen LogP contribution in [0.2, 0.25) is 5.28 Å². The molecule has 0 amide bonds. The van der Waals surface area contributed by atoms with Gasteiger partial charge < -0.3 is 9.26 Å². The number of aryl methyl sites for hydroxylation is 1. The first-order valence-electron chi connectivity index (χ1n) is 4.35. The summed E-state index contributed by atoms with van der Waals surface area (Å²) in [5, 5.41) is 3.61. The Bertz CT molecular complexity index is 482. The molecule has 2 rings (SSSR count). The summed E-state index contributed by atoms with van der Waals surface area (Å²) in [6.45, 7) is 1.97. The fourth-order valence-corrected chi connectivity index (χ4v) is 1.42. The Morgan fingerprint density at radius 1 is 1.40 bits per heavy atom. The second kappa shape index (κ2) is 3.90. The van der Waals surface area contributed by atoms with Crippen molar-refractivity contribution < 1.29 is 9.26 Å². The normalized spacial score (nSPS) is 10.3. The number of hydrogen-bond donors (Lipinski definition) is 0. The van der Waals surface area contributed by atoms with Crippen molar-refractivity contribution in [3.8, 4) is 17.2 Å². The summed E-state index contributed by atoms with van der Waals surface area (Å²) < 4.78 is 10.2. The summed E-state index contributed by atoms with van der Waals surface area (Å²) >= 11 is 5.59. The van der Waals surface area contributed by atoms with Crippen LogP contribution in [0.5, 0.6) is 5.75 Å². The van der Waals surface area contributed by atoms with E-state index in [0.29, 0.717) is 11.6 Å². The second-order valence-electron chi connectivity index (χ2n) is 3.07. The van der Waals surface area contributed by atoms with Gasteiger partial charge in [0.15, 0.2) is 0 Å². The molecule has 4 nitrogen and oxygen atoms in total. The Hall–Kier alpha value is -1.55. The number of nitrogens with zero attached hydrogens (tertiary/aromatic N) is 2. The molecule has 0 spiro atoms. The summed E-state index contributed by atoms with van der Waals surface area (Å²) in [7, 11) is 1.59. The van der Waals surface area contributed by atoms with Gasteiger partial charge >= 0.3 is 0 Å². The summed E-state index contributed by atoms with van der Waals surface area (Å²) in [4.78, 5) is 3.94. The average molecular weight is 225 g/mol. The molecule has 0 fully saturated rings. The van der Waals surface area contributed by atoms with E-state index in [-0.39, 0.29) is 5.28 Å². The van der Waals surface area contributed by atoms with Crippen molar-refractivity contribution in [2.45, 2.75) is 6.92 Å². The molecule has 5 heteroatoms. The largest absolute Gasteiger partial charge is 0.496 e. The topological polar surface area (TPSA) is 48.2 Å². The monoisotopic (exact) mass is 224 g/mol. The molecule has 1 aromatic heterocycles. The van der Waals surface area contributed by atoms with E-state index in [2.05, 4.69) is 10.1 Å². The van der Waals surface area contributed by atoms with Crippen LogP contribution in [0.3, 0.4) is 0 Å². The van der Waals surface area contributed by atoms with E-state index in [1.54, 1.807) is 7.11 Å². The number of methoxy groups -OCH3 is 1. The van der Waals surface area contributed by atoms with Gasteiger partial charge in [0, 0.05) is 0 Å². The highest BCUT2D eigenvalue weighted by molar-refractivity contribution is 6.28. The summed E-state index contributed by atoms with van der Waals surface area (Å²) in [5.74, 6) is 1.04. The van der Waals surface area contributed by atoms with Gasteiger partial charge in [0.2, 0.25) is 0 Å². The van der Waals surface area contributed by atoms with E-state index in [9.17, 15) is 0 Å². The minimum atomic E-state index is 0.0913. The van der Waals surface area contributed by atoms with Gasteiger partial charge in [-0.25, -0.2) is 0 Å². The van der Waals surface area contributed by atoms with E-state index < -0.39 is 0 Å². The molecule has 0 atom stereocenters. The highest BCUT2D eigenvalue weighted by Gasteiger charge is 2.12. The molecule has 1 aromatic carbocycles. The van der Waals surface area contributed by atoms with Crippen LogP contribution < -0.4 is 4.74 Å². The Morgan fingerprint density at radius 2 is 2.20 bits per heavy atom. The third-order valence-electron chi connectivity index (χ3n) is 1.99. The van der Waals surface area contributed by atoms with E-state index in [4.69, 9.17) is 20.9 Å². The molecule has 0 radical (unpaired) electrons. The van der Waals surface area contributed by atoms with Gasteiger partial charge in [-0.15, -0.1) is 0 Å². The van der Waals surface area contributed by atoms with Crippen LogP contribution >= 0.6 is 11.6 Å². The van der Waals surface area contributed by atoms with Crippen molar-refractivity contribution in [1.82, 2.24) is 10.1 Å². The molecule has 0 N–H and O–H groups in total. The molecule has 1 heterocycles. The zero-order chi connectivity index (χ0) is 10.8. The summed E-state index contributed by atoms with van der Waals surface area (Å²) in [6, 6.07) is 5.70. The smallest absolute Gasteiger partial charge is 0.264 e. The lowest BCUT2D eigenvalue weighted by molar-refractivity contribution is 0.405. The maximum absolute atomic E-state index is 5.59. The minimum Gasteiger partial charge on any atom is -0.496 e. The van der Waals surface area contributed by atoms with Crippen LogP contribution in [0.1, 0.15) is 5.56 Å². The highest BCUT2D eigenvalue weighted by atomic mass is 35.5. The molecular weight excluding hydrogens is 216 g/mol. The van der Waals surface area contributed by atoms with E-state index >= 15 is 0 Å². The lowest BCUT2D eigenvalue weighted by Crippen LogP contribution is -1.88. The maximum atomic E-state index is 5.59. The minimum absolute atomic E-state index is 0.0913. The average Bonchev–Trinajstić information content (AvgIpc) is 2.65. The van der Waals surface area contributed by atoms with Crippen LogP contribution in [0.4, 0.5) is 0 Å². The molecule has 0 aliphatic rings. The molecular formula is C10H9ClN2O2. The van der Waals surface area contributed by atoms with Crippen molar-refractivity contribution in [3.63, 3.8) is 0 Å². The fourth-order valence-electron chi connectivity index (χ4n) is 1.30. The first-order valence-corrected chi connectivity index (χ1v) is 4.72. The fraction of sp³-hybridized carbons (Fsp3) is 0.200. The Balaban J connectivity index is 2.55. The Morgan fingerprint density at radius 3 is 2.80 bits per heavy atom. The first kappa shape index (κ1) is 9.98. The molecule has 0 unspecified atom stereocenters. The van der Waals surface area contributed by atoms with E-state index in [1.165, 1.54) is 0 Å². The number of hydrogen-bond acceptors (Lipinski definition) is 4. The predicted octanol–water partition coefficient (Wildman–Crippen LogP) is 2.71. The summed E-state index contributed by atoms with van der Waals surface area (Å²) in [6.07, 6.45) is 0. The molecule has 0 aliphatic carbocycles. The number of halogens is 1. The molecule has 78 valence electrons. The lowest BCUT2D eigenvalue weighted by atomic mass is 10.1. The molecule has 0 bridgehead atoms. The van der Waals surface area contributed by atoms with Gasteiger partial charge in [-0.1, -0.05) is 11.6 Å². The molecule has 0 saturated carbocycles. The number of ether oxygens (including phenoxy) is 1. The quantitative estimate of drug-likeness (QED) is 0.787. The van der Waals surface area contributed by atoms with Crippen molar-refractivity contribution in [2.24, 2.45) is 0 Å². The van der Waals surface area contributed by atoms with Crippen LogP contribution in [0.15, 0.2) is 22.7 Å². The summed E-state index contributed by atoms with van der Waals surface area (Å²) in [5.41, 5.74) is 1.83. The van der Waals surface area contributed by atoms with Gasteiger partial charge in [-0.05, 0) is 35.8 Å². The van der Waals surface area contributed by atoms with Crippen molar-refractivity contribution >= 4 is 11.6 Å². The van der Waals surface area contributed by atoms with Gasteiger partial charge in [0.05, 0.1) is 12.7 Å². The van der Waals surface area contributed by atoms with E-state index in [0.717, 1.165) is 11.1 Å². The van der Waals surface area contributed by atoms with Crippen LogP contribution in [-0.2, 0) is 0 Å². The van der Waals surface area contributed by atoms with Crippen molar-refractivity contribution in [1.29, 1.82) is 0 Å². The van der Waals surface area contributed by atoms with Crippen molar-refractivity contribution in [2.75, 3.05) is 7.11 Å². The molecule has 0 saturated heterocycles. The highest BCUT2D eigenvalue weighted by Crippen LogP contribution is 2.29. The Kier molecular flexibility index (Phi) is 2.60. The number of benzene rings is 1. The van der Waals surface area contributed by atoms with Gasteiger partial charge in [0.1, 0.15) is 5.75 Å². The Labute approximate surface area is 91.8 Å². The number of rotatable bonds is 2.